The lowest BCUT2D eigenvalue weighted by atomic mass is 10.0. The van der Waals surface area contributed by atoms with Gasteiger partial charge in [0, 0.05) is 11.6 Å². The summed E-state index contributed by atoms with van der Waals surface area (Å²) in [6, 6.07) is 9.59. The molecule has 3 rings (SSSR count). The van der Waals surface area contributed by atoms with E-state index in [1.54, 1.807) is 37.4 Å². The fraction of sp³-hybridized carbons (Fsp3) is 0.0625. The fourth-order valence-electron chi connectivity index (χ4n) is 2.24. The second kappa shape index (κ2) is 4.94. The van der Waals surface area contributed by atoms with Crippen LogP contribution in [-0.2, 0) is 0 Å². The molecule has 0 saturated carbocycles. The molecule has 0 spiro atoms. The van der Waals surface area contributed by atoms with Crippen LogP contribution in [-0.4, -0.2) is 21.0 Å². The molecule has 104 valence electrons. The Labute approximate surface area is 119 Å². The van der Waals surface area contributed by atoms with Gasteiger partial charge in [-0.2, -0.15) is 0 Å². The van der Waals surface area contributed by atoms with E-state index in [9.17, 15) is 14.3 Å². The first kappa shape index (κ1) is 13.2. The number of pyridine rings is 2. The van der Waals surface area contributed by atoms with Crippen LogP contribution >= 0.6 is 0 Å². The molecule has 0 unspecified atom stereocenters. The average Bonchev–Trinajstić information content (AvgIpc) is 2.47. The smallest absolute Gasteiger partial charge is 0.336 e. The van der Waals surface area contributed by atoms with Crippen molar-refractivity contribution in [2.24, 2.45) is 0 Å². The molecular formula is C16H11FN2O2. The van der Waals surface area contributed by atoms with E-state index in [1.807, 2.05) is 0 Å². The lowest BCUT2D eigenvalue weighted by Gasteiger charge is -2.08. The van der Waals surface area contributed by atoms with Crippen LogP contribution in [0.15, 0.2) is 42.6 Å². The second-order valence-corrected chi connectivity index (χ2v) is 4.72. The van der Waals surface area contributed by atoms with Crippen LogP contribution in [0.1, 0.15) is 15.9 Å². The van der Waals surface area contributed by atoms with E-state index < -0.39 is 11.8 Å². The Morgan fingerprint density at radius 1 is 1.19 bits per heavy atom. The maximum atomic E-state index is 14.1. The topological polar surface area (TPSA) is 63.1 Å². The number of fused-ring (bicyclic) bond motifs is 1. The van der Waals surface area contributed by atoms with Gasteiger partial charge in [-0.25, -0.2) is 14.2 Å². The van der Waals surface area contributed by atoms with Gasteiger partial charge in [0.05, 0.1) is 17.0 Å². The number of aromatic nitrogens is 2. The van der Waals surface area contributed by atoms with Gasteiger partial charge in [0.1, 0.15) is 11.3 Å². The van der Waals surface area contributed by atoms with Gasteiger partial charge in [-0.05, 0) is 42.8 Å². The predicted octanol–water partition coefficient (Wildman–Crippen LogP) is 3.44. The zero-order valence-electron chi connectivity index (χ0n) is 11.2. The summed E-state index contributed by atoms with van der Waals surface area (Å²) >= 11 is 0. The Balaban J connectivity index is 2.38. The molecule has 4 nitrogen and oxygen atoms in total. The summed E-state index contributed by atoms with van der Waals surface area (Å²) < 4.78 is 14.1. The van der Waals surface area contributed by atoms with Crippen LogP contribution < -0.4 is 0 Å². The van der Waals surface area contributed by atoms with Crippen molar-refractivity contribution in [2.45, 2.75) is 6.92 Å². The number of aryl methyl sites for hydroxylation is 1. The molecule has 0 amide bonds. The standard InChI is InChI=1S/C16H11FN2O2/c1-9-6-10-11(16(20)21)8-14(13-4-2-3-5-18-13)19-15(10)12(17)7-9/h2-8H,1H3,(H,20,21). The molecule has 0 bridgehead atoms. The van der Waals surface area contributed by atoms with Crippen molar-refractivity contribution in [3.8, 4) is 11.4 Å². The summed E-state index contributed by atoms with van der Waals surface area (Å²) in [7, 11) is 0. The highest BCUT2D eigenvalue weighted by Crippen LogP contribution is 2.26. The Morgan fingerprint density at radius 2 is 2.00 bits per heavy atom. The molecule has 0 radical (unpaired) electrons. The lowest BCUT2D eigenvalue weighted by Crippen LogP contribution is -2.02. The van der Waals surface area contributed by atoms with Gasteiger partial charge in [-0.1, -0.05) is 6.07 Å². The van der Waals surface area contributed by atoms with Crippen LogP contribution in [0.2, 0.25) is 0 Å². The normalized spacial score (nSPS) is 10.8. The quantitative estimate of drug-likeness (QED) is 0.782. The highest BCUT2D eigenvalue weighted by Gasteiger charge is 2.16. The summed E-state index contributed by atoms with van der Waals surface area (Å²) in [5, 5.41) is 9.66. The Bertz CT molecular complexity index is 848. The molecule has 21 heavy (non-hydrogen) atoms. The summed E-state index contributed by atoms with van der Waals surface area (Å²) in [6.07, 6.45) is 1.58. The first-order valence-electron chi connectivity index (χ1n) is 6.32. The third-order valence-electron chi connectivity index (χ3n) is 3.17. The number of halogens is 1. The van der Waals surface area contributed by atoms with Crippen LogP contribution in [0, 0.1) is 12.7 Å². The molecule has 0 aliphatic heterocycles. The van der Waals surface area contributed by atoms with Gasteiger partial charge < -0.3 is 5.11 Å². The van der Waals surface area contributed by atoms with E-state index in [4.69, 9.17) is 0 Å². The number of hydrogen-bond donors (Lipinski definition) is 1. The predicted molar refractivity (Wildman–Crippen MR) is 76.6 cm³/mol. The summed E-state index contributed by atoms with van der Waals surface area (Å²) in [6.45, 7) is 1.71. The number of carboxylic acids is 1. The number of nitrogens with zero attached hydrogens (tertiary/aromatic N) is 2. The molecule has 2 aromatic heterocycles. The molecule has 1 N–H and O–H groups in total. The summed E-state index contributed by atoms with van der Waals surface area (Å²) in [5.41, 5.74) is 1.55. The van der Waals surface area contributed by atoms with E-state index in [-0.39, 0.29) is 11.1 Å². The molecule has 0 saturated heterocycles. The van der Waals surface area contributed by atoms with Crippen LogP contribution in [0.3, 0.4) is 0 Å². The minimum Gasteiger partial charge on any atom is -0.478 e. The van der Waals surface area contributed by atoms with E-state index in [0.717, 1.165) is 0 Å². The Kier molecular flexibility index (Phi) is 3.10. The number of carbonyl (C=O) groups is 1. The third kappa shape index (κ3) is 2.33. The SMILES string of the molecule is Cc1cc(F)c2nc(-c3ccccn3)cc(C(=O)O)c2c1. The first-order chi connectivity index (χ1) is 10.1. The fourth-order valence-corrected chi connectivity index (χ4v) is 2.24. The summed E-state index contributed by atoms with van der Waals surface area (Å²) in [5.74, 6) is -1.66. The van der Waals surface area contributed by atoms with Gasteiger partial charge in [0.15, 0.2) is 0 Å². The largest absolute Gasteiger partial charge is 0.478 e. The molecule has 0 aliphatic rings. The van der Waals surface area contributed by atoms with Crippen molar-refractivity contribution >= 4 is 16.9 Å². The number of benzene rings is 1. The number of carboxylic acid groups (broad SMARTS) is 1. The van der Waals surface area contributed by atoms with Gasteiger partial charge >= 0.3 is 5.97 Å². The van der Waals surface area contributed by atoms with E-state index in [0.29, 0.717) is 22.3 Å². The van der Waals surface area contributed by atoms with Crippen molar-refractivity contribution in [1.29, 1.82) is 0 Å². The Morgan fingerprint density at radius 3 is 2.67 bits per heavy atom. The van der Waals surface area contributed by atoms with Gasteiger partial charge in [0.2, 0.25) is 0 Å². The minimum atomic E-state index is -1.12. The van der Waals surface area contributed by atoms with Crippen molar-refractivity contribution in [3.05, 3.63) is 59.5 Å². The Hall–Kier alpha value is -2.82. The van der Waals surface area contributed by atoms with Crippen molar-refractivity contribution in [3.63, 3.8) is 0 Å². The van der Waals surface area contributed by atoms with Gasteiger partial charge in [-0.3, -0.25) is 4.98 Å². The maximum absolute atomic E-state index is 14.1. The minimum absolute atomic E-state index is 0.0169. The number of aromatic carboxylic acids is 1. The van der Waals surface area contributed by atoms with Crippen LogP contribution in [0.4, 0.5) is 4.39 Å². The van der Waals surface area contributed by atoms with Gasteiger partial charge in [-0.15, -0.1) is 0 Å². The monoisotopic (exact) mass is 282 g/mol. The van der Waals surface area contributed by atoms with E-state index >= 15 is 0 Å². The number of hydrogen-bond acceptors (Lipinski definition) is 3. The summed E-state index contributed by atoms with van der Waals surface area (Å²) in [4.78, 5) is 19.8. The first-order valence-corrected chi connectivity index (χ1v) is 6.32. The zero-order valence-corrected chi connectivity index (χ0v) is 11.2. The maximum Gasteiger partial charge on any atom is 0.336 e. The molecule has 2 heterocycles. The van der Waals surface area contributed by atoms with E-state index in [2.05, 4.69) is 9.97 Å². The zero-order chi connectivity index (χ0) is 15.0. The molecule has 3 aromatic rings. The molecule has 5 heteroatoms. The van der Waals surface area contributed by atoms with Gasteiger partial charge in [0.25, 0.3) is 0 Å². The van der Waals surface area contributed by atoms with E-state index in [1.165, 1.54) is 12.1 Å². The molecule has 1 aromatic carbocycles. The van der Waals surface area contributed by atoms with Crippen molar-refractivity contribution in [1.82, 2.24) is 9.97 Å². The third-order valence-corrected chi connectivity index (χ3v) is 3.17. The lowest BCUT2D eigenvalue weighted by molar-refractivity contribution is 0.0699. The molecular weight excluding hydrogens is 271 g/mol. The molecule has 0 fully saturated rings. The average molecular weight is 282 g/mol. The van der Waals surface area contributed by atoms with Crippen molar-refractivity contribution in [2.75, 3.05) is 0 Å². The number of rotatable bonds is 2. The van der Waals surface area contributed by atoms with Crippen LogP contribution in [0.5, 0.6) is 0 Å². The second-order valence-electron chi connectivity index (χ2n) is 4.72. The van der Waals surface area contributed by atoms with Crippen molar-refractivity contribution < 1.29 is 14.3 Å². The highest BCUT2D eigenvalue weighted by molar-refractivity contribution is 6.04. The molecule has 0 aliphatic carbocycles. The van der Waals surface area contributed by atoms with Crippen LogP contribution in [0.25, 0.3) is 22.3 Å². The highest BCUT2D eigenvalue weighted by atomic mass is 19.1. The molecule has 0 atom stereocenters.